The number of aryl methyl sites for hydroxylation is 2. The van der Waals surface area contributed by atoms with Gasteiger partial charge in [-0.25, -0.2) is 4.68 Å². The molecule has 190 valence electrons. The van der Waals surface area contributed by atoms with Crippen molar-refractivity contribution in [2.45, 2.75) is 59.3 Å². The Balaban J connectivity index is 1.74. The summed E-state index contributed by atoms with van der Waals surface area (Å²) < 4.78 is 7.55. The fourth-order valence-electron chi connectivity index (χ4n) is 4.70. The number of nitrogens with one attached hydrogen (secondary N) is 1. The van der Waals surface area contributed by atoms with Gasteiger partial charge in [0.1, 0.15) is 11.8 Å². The second kappa shape index (κ2) is 9.78. The van der Waals surface area contributed by atoms with Gasteiger partial charge in [-0.3, -0.25) is 9.69 Å². The molecular weight excluding hydrogens is 464 g/mol. The van der Waals surface area contributed by atoms with Crippen LogP contribution in [-0.4, -0.2) is 30.1 Å². The van der Waals surface area contributed by atoms with E-state index in [1.807, 2.05) is 54.1 Å². The van der Waals surface area contributed by atoms with Crippen LogP contribution < -0.4 is 5.56 Å². The van der Waals surface area contributed by atoms with Crippen LogP contribution in [-0.2, 0) is 18.6 Å². The molecular formula is C29H32N6O2. The highest BCUT2D eigenvalue weighted by molar-refractivity contribution is 5.81. The summed E-state index contributed by atoms with van der Waals surface area (Å²) in [6, 6.07) is 19.6. The molecule has 0 aliphatic heterocycles. The molecule has 37 heavy (non-hydrogen) atoms. The van der Waals surface area contributed by atoms with Crippen molar-refractivity contribution in [3.05, 3.63) is 111 Å². The predicted octanol–water partition coefficient (Wildman–Crippen LogP) is 5.27. The zero-order chi connectivity index (χ0) is 26.2. The largest absolute Gasteiger partial charge is 0.468 e. The second-order valence-electron chi connectivity index (χ2n) is 10.6. The maximum Gasteiger partial charge on any atom is 0.253 e. The quantitative estimate of drug-likeness (QED) is 0.330. The average molecular weight is 497 g/mol. The SMILES string of the molecule is Cc1cc2cc([C@H](c3nnnn3C(C)(C)C)N(Cc3ccccc3)Cc3ccco3)c(=O)[nH]c2cc1C. The minimum Gasteiger partial charge on any atom is -0.468 e. The van der Waals surface area contributed by atoms with E-state index in [4.69, 9.17) is 4.42 Å². The summed E-state index contributed by atoms with van der Waals surface area (Å²) in [5.41, 5.74) is 4.24. The van der Waals surface area contributed by atoms with E-state index in [2.05, 4.69) is 71.3 Å². The lowest BCUT2D eigenvalue weighted by molar-refractivity contribution is 0.171. The lowest BCUT2D eigenvalue weighted by Crippen LogP contribution is -2.37. The van der Waals surface area contributed by atoms with Crippen molar-refractivity contribution in [3.63, 3.8) is 0 Å². The van der Waals surface area contributed by atoms with Crippen molar-refractivity contribution in [2.24, 2.45) is 0 Å². The number of nitrogens with zero attached hydrogens (tertiary/aromatic N) is 5. The van der Waals surface area contributed by atoms with E-state index in [1.54, 1.807) is 6.26 Å². The van der Waals surface area contributed by atoms with Crippen LogP contribution in [0.5, 0.6) is 0 Å². The van der Waals surface area contributed by atoms with Gasteiger partial charge in [0.2, 0.25) is 0 Å². The summed E-state index contributed by atoms with van der Waals surface area (Å²) in [5, 5.41) is 13.8. The van der Waals surface area contributed by atoms with E-state index >= 15 is 0 Å². The summed E-state index contributed by atoms with van der Waals surface area (Å²) in [6.07, 6.45) is 1.66. The molecule has 8 heteroatoms. The Hall–Kier alpha value is -4.04. The fourth-order valence-corrected chi connectivity index (χ4v) is 4.70. The third kappa shape index (κ3) is 5.11. The number of hydrogen-bond acceptors (Lipinski definition) is 6. The lowest BCUT2D eigenvalue weighted by atomic mass is 9.99. The van der Waals surface area contributed by atoms with Gasteiger partial charge in [-0.1, -0.05) is 30.3 Å². The number of furan rings is 1. The number of aromatic amines is 1. The van der Waals surface area contributed by atoms with Gasteiger partial charge in [0.05, 0.1) is 18.3 Å². The highest BCUT2D eigenvalue weighted by Crippen LogP contribution is 2.32. The molecule has 0 saturated carbocycles. The first-order valence-electron chi connectivity index (χ1n) is 12.4. The molecule has 0 radical (unpaired) electrons. The molecule has 5 aromatic rings. The molecule has 0 spiro atoms. The van der Waals surface area contributed by atoms with E-state index in [1.165, 1.54) is 5.56 Å². The molecule has 0 aliphatic rings. The van der Waals surface area contributed by atoms with Crippen molar-refractivity contribution in [3.8, 4) is 0 Å². The standard InChI is InChI=1S/C29H32N6O2/c1-19-14-22-16-24(28(36)30-25(22)15-20(19)2)26(27-31-32-33-35(27)29(3,4)5)34(18-23-12-9-13-37-23)17-21-10-7-6-8-11-21/h6-16,26H,17-18H2,1-5H3,(H,30,36)/t26-/m1/s1. The minimum atomic E-state index is -0.533. The zero-order valence-corrected chi connectivity index (χ0v) is 21.9. The molecule has 0 unspecified atom stereocenters. The van der Waals surface area contributed by atoms with E-state index in [0.717, 1.165) is 27.8 Å². The topological polar surface area (TPSA) is 92.8 Å². The number of rotatable bonds is 7. The molecule has 0 amide bonds. The minimum absolute atomic E-state index is 0.165. The molecule has 0 bridgehead atoms. The summed E-state index contributed by atoms with van der Waals surface area (Å²) in [7, 11) is 0. The zero-order valence-electron chi connectivity index (χ0n) is 21.9. The van der Waals surface area contributed by atoms with Crippen LogP contribution in [0.25, 0.3) is 10.9 Å². The van der Waals surface area contributed by atoms with Crippen LogP contribution >= 0.6 is 0 Å². The van der Waals surface area contributed by atoms with Gasteiger partial charge >= 0.3 is 0 Å². The monoisotopic (exact) mass is 496 g/mol. The number of H-pyrrole nitrogens is 1. The normalized spacial score (nSPS) is 12.9. The molecule has 0 fully saturated rings. The Kier molecular flexibility index (Phi) is 6.52. The number of pyridine rings is 1. The smallest absolute Gasteiger partial charge is 0.253 e. The summed E-state index contributed by atoms with van der Waals surface area (Å²) in [6.45, 7) is 11.3. The van der Waals surface area contributed by atoms with E-state index in [-0.39, 0.29) is 5.56 Å². The Morgan fingerprint density at radius 1 is 1.00 bits per heavy atom. The Morgan fingerprint density at radius 2 is 1.76 bits per heavy atom. The number of aromatic nitrogens is 5. The first-order valence-corrected chi connectivity index (χ1v) is 12.4. The van der Waals surface area contributed by atoms with E-state index < -0.39 is 11.6 Å². The van der Waals surface area contributed by atoms with Gasteiger partial charge in [0, 0.05) is 17.6 Å². The molecule has 5 rings (SSSR count). The van der Waals surface area contributed by atoms with Crippen molar-refractivity contribution in [1.82, 2.24) is 30.1 Å². The third-order valence-corrected chi connectivity index (χ3v) is 6.69. The number of fused-ring (bicyclic) bond motifs is 1. The molecule has 3 heterocycles. The number of tetrazole rings is 1. The van der Waals surface area contributed by atoms with Crippen molar-refractivity contribution < 1.29 is 4.42 Å². The Labute approximate surface area is 215 Å². The summed E-state index contributed by atoms with van der Waals surface area (Å²) in [4.78, 5) is 19.0. The Morgan fingerprint density at radius 3 is 2.46 bits per heavy atom. The van der Waals surface area contributed by atoms with Crippen molar-refractivity contribution in [2.75, 3.05) is 0 Å². The Bertz CT molecular complexity index is 1560. The van der Waals surface area contributed by atoms with Crippen LogP contribution in [0, 0.1) is 13.8 Å². The van der Waals surface area contributed by atoms with Crippen molar-refractivity contribution in [1.29, 1.82) is 0 Å². The van der Waals surface area contributed by atoms with Gasteiger partial charge in [0.15, 0.2) is 5.82 Å². The maximum absolute atomic E-state index is 13.7. The highest BCUT2D eigenvalue weighted by Gasteiger charge is 2.34. The first kappa shape index (κ1) is 24.6. The molecule has 0 aliphatic carbocycles. The molecule has 3 aromatic heterocycles. The van der Waals surface area contributed by atoms with Crippen LogP contribution in [0.2, 0.25) is 0 Å². The number of benzene rings is 2. The van der Waals surface area contributed by atoms with Crippen molar-refractivity contribution >= 4 is 10.9 Å². The molecule has 8 nitrogen and oxygen atoms in total. The molecule has 2 aromatic carbocycles. The highest BCUT2D eigenvalue weighted by atomic mass is 16.3. The molecule has 0 saturated heterocycles. The fraction of sp³-hybridized carbons (Fsp3) is 0.310. The molecule has 1 atom stereocenters. The summed E-state index contributed by atoms with van der Waals surface area (Å²) >= 11 is 0. The van der Waals surface area contributed by atoms with Crippen LogP contribution in [0.3, 0.4) is 0 Å². The third-order valence-electron chi connectivity index (χ3n) is 6.69. The first-order chi connectivity index (χ1) is 17.7. The van der Waals surface area contributed by atoms with Crippen LogP contribution in [0.4, 0.5) is 0 Å². The maximum atomic E-state index is 13.7. The van der Waals surface area contributed by atoms with E-state index in [0.29, 0.717) is 24.5 Å². The lowest BCUT2D eigenvalue weighted by Gasteiger charge is -2.32. The molecule has 1 N–H and O–H groups in total. The van der Waals surface area contributed by atoms with Crippen LogP contribution in [0.15, 0.2) is 76.1 Å². The van der Waals surface area contributed by atoms with Gasteiger partial charge in [-0.15, -0.1) is 5.10 Å². The average Bonchev–Trinajstić information content (AvgIpc) is 3.54. The van der Waals surface area contributed by atoms with Gasteiger partial charge in [-0.05, 0) is 97.5 Å². The predicted molar refractivity (Wildman–Crippen MR) is 143 cm³/mol. The van der Waals surface area contributed by atoms with Crippen LogP contribution in [0.1, 0.15) is 60.7 Å². The second-order valence-corrected chi connectivity index (χ2v) is 10.6. The number of hydrogen-bond donors (Lipinski definition) is 1. The van der Waals surface area contributed by atoms with Gasteiger partial charge in [-0.2, -0.15) is 0 Å². The van der Waals surface area contributed by atoms with Gasteiger partial charge in [0.25, 0.3) is 5.56 Å². The van der Waals surface area contributed by atoms with Gasteiger partial charge < -0.3 is 9.40 Å². The van der Waals surface area contributed by atoms with E-state index in [9.17, 15) is 4.79 Å². The summed E-state index contributed by atoms with van der Waals surface area (Å²) in [5.74, 6) is 1.39.